The molecule has 0 fully saturated rings. The van der Waals surface area contributed by atoms with E-state index in [4.69, 9.17) is 0 Å². The molecule has 104 valence electrons. The Hall–Kier alpha value is -2.51. The Balaban J connectivity index is 2.22. The number of nitrogens with zero attached hydrogens (tertiary/aromatic N) is 6. The number of rotatable bonds is 3. The van der Waals surface area contributed by atoms with Crippen molar-refractivity contribution in [3.63, 3.8) is 0 Å². The van der Waals surface area contributed by atoms with E-state index in [0.717, 1.165) is 12.1 Å². The van der Waals surface area contributed by atoms with Crippen LogP contribution in [0.2, 0.25) is 0 Å². The molecule has 3 rings (SSSR count). The Morgan fingerprint density at radius 3 is 2.85 bits per heavy atom. The van der Waals surface area contributed by atoms with Crippen LogP contribution < -0.4 is 5.56 Å². The molecule has 0 aliphatic rings. The first-order chi connectivity index (χ1) is 9.63. The van der Waals surface area contributed by atoms with Crippen LogP contribution in [0.5, 0.6) is 0 Å². The van der Waals surface area contributed by atoms with Crippen molar-refractivity contribution >= 4 is 11.0 Å². The highest BCUT2D eigenvalue weighted by molar-refractivity contribution is 5.76. The molecule has 8 nitrogen and oxygen atoms in total. The molecule has 0 aliphatic carbocycles. The maximum Gasteiger partial charge on any atom is 0.280 e. The average molecular weight is 273 g/mol. The van der Waals surface area contributed by atoms with E-state index < -0.39 is 0 Å². The quantitative estimate of drug-likeness (QED) is 0.746. The standard InChI is InChI=1S/C12H15N7O/c1-4-8-9-10(18(3)17-8)12(20)19(6-14-9)7(2)11-13-5-15-16-11/h5-7H,4H2,1-3H3,(H,13,15,16). The second-order valence-electron chi connectivity index (χ2n) is 4.62. The van der Waals surface area contributed by atoms with Gasteiger partial charge in [0.05, 0.1) is 18.1 Å². The summed E-state index contributed by atoms with van der Waals surface area (Å²) in [6.07, 6.45) is 3.70. The fourth-order valence-corrected chi connectivity index (χ4v) is 2.30. The molecule has 0 saturated carbocycles. The lowest BCUT2D eigenvalue weighted by atomic mass is 10.2. The van der Waals surface area contributed by atoms with Gasteiger partial charge in [-0.3, -0.25) is 19.1 Å². The summed E-state index contributed by atoms with van der Waals surface area (Å²) in [4.78, 5) is 21.1. The third-order valence-corrected chi connectivity index (χ3v) is 3.42. The van der Waals surface area contributed by atoms with Crippen LogP contribution in [0.4, 0.5) is 0 Å². The van der Waals surface area contributed by atoms with Gasteiger partial charge in [0.1, 0.15) is 17.7 Å². The van der Waals surface area contributed by atoms with Crippen molar-refractivity contribution in [1.82, 2.24) is 34.5 Å². The Kier molecular flexibility index (Phi) is 2.85. The molecule has 0 bridgehead atoms. The van der Waals surface area contributed by atoms with Gasteiger partial charge in [-0.25, -0.2) is 9.97 Å². The van der Waals surface area contributed by atoms with Crippen molar-refractivity contribution in [2.45, 2.75) is 26.3 Å². The van der Waals surface area contributed by atoms with Crippen molar-refractivity contribution in [2.24, 2.45) is 7.05 Å². The first kappa shape index (κ1) is 12.5. The van der Waals surface area contributed by atoms with E-state index in [1.165, 1.54) is 10.9 Å². The van der Waals surface area contributed by atoms with Crippen molar-refractivity contribution in [3.05, 3.63) is 34.5 Å². The number of H-pyrrole nitrogens is 1. The van der Waals surface area contributed by atoms with Gasteiger partial charge in [-0.2, -0.15) is 10.2 Å². The summed E-state index contributed by atoms with van der Waals surface area (Å²) >= 11 is 0. The maximum atomic E-state index is 12.6. The Bertz CT molecular complexity index is 799. The highest BCUT2D eigenvalue weighted by atomic mass is 16.1. The highest BCUT2D eigenvalue weighted by Crippen LogP contribution is 2.15. The summed E-state index contributed by atoms with van der Waals surface area (Å²) in [5.41, 5.74) is 1.88. The maximum absolute atomic E-state index is 12.6. The zero-order valence-corrected chi connectivity index (χ0v) is 11.5. The van der Waals surface area contributed by atoms with E-state index in [9.17, 15) is 4.79 Å². The summed E-state index contributed by atoms with van der Waals surface area (Å²) in [6, 6.07) is -0.262. The summed E-state index contributed by atoms with van der Waals surface area (Å²) in [5.74, 6) is 0.617. The molecule has 3 aromatic heterocycles. The minimum atomic E-state index is -0.262. The van der Waals surface area contributed by atoms with Gasteiger partial charge in [0.2, 0.25) is 0 Å². The van der Waals surface area contributed by atoms with Crippen molar-refractivity contribution in [2.75, 3.05) is 0 Å². The molecule has 0 saturated heterocycles. The average Bonchev–Trinajstić information content (AvgIpc) is 3.06. The molecule has 0 amide bonds. The number of hydrogen-bond donors (Lipinski definition) is 1. The molecule has 0 spiro atoms. The minimum Gasteiger partial charge on any atom is -0.287 e. The summed E-state index contributed by atoms with van der Waals surface area (Å²) < 4.78 is 3.12. The van der Waals surface area contributed by atoms with Crippen LogP contribution in [-0.2, 0) is 13.5 Å². The lowest BCUT2D eigenvalue weighted by molar-refractivity contribution is 0.574. The van der Waals surface area contributed by atoms with Crippen molar-refractivity contribution < 1.29 is 0 Å². The van der Waals surface area contributed by atoms with E-state index in [1.807, 2.05) is 13.8 Å². The van der Waals surface area contributed by atoms with Gasteiger partial charge >= 0.3 is 0 Å². The van der Waals surface area contributed by atoms with E-state index in [1.54, 1.807) is 18.1 Å². The van der Waals surface area contributed by atoms with Crippen LogP contribution in [0.1, 0.15) is 31.4 Å². The lowest BCUT2D eigenvalue weighted by Gasteiger charge is -2.11. The molecule has 0 radical (unpaired) electrons. The van der Waals surface area contributed by atoms with Crippen LogP contribution in [0.3, 0.4) is 0 Å². The normalized spacial score (nSPS) is 12.9. The first-order valence-electron chi connectivity index (χ1n) is 6.41. The van der Waals surface area contributed by atoms with Crippen LogP contribution in [0.15, 0.2) is 17.4 Å². The predicted octanol–water partition coefficient (Wildman–Crippen LogP) is 0.420. The minimum absolute atomic E-state index is 0.131. The largest absolute Gasteiger partial charge is 0.287 e. The van der Waals surface area contributed by atoms with Gasteiger partial charge < -0.3 is 0 Å². The molecular formula is C12H15N7O. The Morgan fingerprint density at radius 2 is 2.20 bits per heavy atom. The van der Waals surface area contributed by atoms with Crippen LogP contribution in [-0.4, -0.2) is 34.5 Å². The molecule has 0 aromatic carbocycles. The van der Waals surface area contributed by atoms with E-state index >= 15 is 0 Å². The fraction of sp³-hybridized carbons (Fsp3) is 0.417. The topological polar surface area (TPSA) is 94.3 Å². The monoisotopic (exact) mass is 273 g/mol. The third kappa shape index (κ3) is 1.72. The molecular weight excluding hydrogens is 258 g/mol. The molecule has 1 atom stereocenters. The third-order valence-electron chi connectivity index (χ3n) is 3.42. The van der Waals surface area contributed by atoms with Gasteiger partial charge in [-0.1, -0.05) is 6.92 Å². The summed E-state index contributed by atoms with van der Waals surface area (Å²) in [6.45, 7) is 3.86. The van der Waals surface area contributed by atoms with Gasteiger partial charge in [-0.05, 0) is 13.3 Å². The van der Waals surface area contributed by atoms with E-state index in [-0.39, 0.29) is 11.6 Å². The van der Waals surface area contributed by atoms with E-state index in [2.05, 4.69) is 25.3 Å². The van der Waals surface area contributed by atoms with E-state index in [0.29, 0.717) is 16.9 Å². The number of nitrogens with one attached hydrogen (secondary N) is 1. The van der Waals surface area contributed by atoms with Crippen molar-refractivity contribution in [3.8, 4) is 0 Å². The molecule has 0 aliphatic heterocycles. The molecule has 8 heteroatoms. The fourth-order valence-electron chi connectivity index (χ4n) is 2.30. The Morgan fingerprint density at radius 1 is 1.40 bits per heavy atom. The van der Waals surface area contributed by atoms with Crippen LogP contribution >= 0.6 is 0 Å². The highest BCUT2D eigenvalue weighted by Gasteiger charge is 2.18. The molecule has 3 aromatic rings. The van der Waals surface area contributed by atoms with Gasteiger partial charge in [-0.15, -0.1) is 0 Å². The van der Waals surface area contributed by atoms with Gasteiger partial charge in [0, 0.05) is 7.05 Å². The number of aromatic nitrogens is 7. The zero-order valence-electron chi connectivity index (χ0n) is 11.5. The van der Waals surface area contributed by atoms with Crippen LogP contribution in [0, 0.1) is 0 Å². The van der Waals surface area contributed by atoms with Gasteiger partial charge in [0.15, 0.2) is 5.52 Å². The molecule has 3 heterocycles. The second-order valence-corrected chi connectivity index (χ2v) is 4.62. The van der Waals surface area contributed by atoms with Crippen molar-refractivity contribution in [1.29, 1.82) is 0 Å². The number of aromatic amines is 1. The van der Waals surface area contributed by atoms with Gasteiger partial charge in [0.25, 0.3) is 5.56 Å². The zero-order chi connectivity index (χ0) is 14.3. The smallest absolute Gasteiger partial charge is 0.280 e. The number of fused-ring (bicyclic) bond motifs is 1. The number of hydrogen-bond acceptors (Lipinski definition) is 5. The Labute approximate surface area is 114 Å². The SMILES string of the molecule is CCc1nn(C)c2c(=O)n(C(C)c3ncn[nH]3)cnc12. The second kappa shape index (κ2) is 4.55. The molecule has 1 unspecified atom stereocenters. The lowest BCUT2D eigenvalue weighted by Crippen LogP contribution is -2.26. The summed E-state index contributed by atoms with van der Waals surface area (Å²) in [5, 5.41) is 10.9. The molecule has 20 heavy (non-hydrogen) atoms. The molecule has 1 N–H and O–H groups in total. The van der Waals surface area contributed by atoms with Crippen LogP contribution in [0.25, 0.3) is 11.0 Å². The number of aryl methyl sites for hydroxylation is 2. The summed E-state index contributed by atoms with van der Waals surface area (Å²) in [7, 11) is 1.76. The first-order valence-corrected chi connectivity index (χ1v) is 6.41. The predicted molar refractivity (Wildman–Crippen MR) is 72.3 cm³/mol.